The van der Waals surface area contributed by atoms with Crippen molar-refractivity contribution in [1.29, 1.82) is 0 Å². The molecule has 1 aliphatic heterocycles. The van der Waals surface area contributed by atoms with Crippen LogP contribution in [0, 0.1) is 0 Å². The molecule has 0 aliphatic carbocycles. The van der Waals surface area contributed by atoms with Crippen LogP contribution in [0.25, 0.3) is 10.1 Å². The van der Waals surface area contributed by atoms with Crippen molar-refractivity contribution in [3.8, 4) is 0 Å². The Morgan fingerprint density at radius 3 is 3.05 bits per heavy atom. The van der Waals surface area contributed by atoms with E-state index in [2.05, 4.69) is 29.6 Å². The SMILES string of the molecule is O=C(CCCc1csc2ccccc12)N1CC[C@@H](O)C1. The smallest absolute Gasteiger partial charge is 0.222 e. The van der Waals surface area contributed by atoms with E-state index >= 15 is 0 Å². The molecule has 20 heavy (non-hydrogen) atoms. The molecule has 106 valence electrons. The van der Waals surface area contributed by atoms with Gasteiger partial charge in [-0.25, -0.2) is 0 Å². The highest BCUT2D eigenvalue weighted by Crippen LogP contribution is 2.26. The van der Waals surface area contributed by atoms with Gasteiger partial charge in [-0.05, 0) is 41.7 Å². The van der Waals surface area contributed by atoms with Crippen LogP contribution in [0.3, 0.4) is 0 Å². The maximum atomic E-state index is 12.0. The molecule has 0 radical (unpaired) electrons. The first kappa shape index (κ1) is 13.6. The number of likely N-dealkylation sites (tertiary alicyclic amines) is 1. The van der Waals surface area contributed by atoms with Crippen molar-refractivity contribution in [2.75, 3.05) is 13.1 Å². The summed E-state index contributed by atoms with van der Waals surface area (Å²) in [6.07, 6.45) is 2.82. The minimum absolute atomic E-state index is 0.182. The number of nitrogens with zero attached hydrogens (tertiary/aromatic N) is 1. The lowest BCUT2D eigenvalue weighted by atomic mass is 10.1. The molecule has 1 aromatic heterocycles. The first-order valence-corrected chi connectivity index (χ1v) is 8.03. The quantitative estimate of drug-likeness (QED) is 0.940. The Balaban J connectivity index is 1.54. The third kappa shape index (κ3) is 2.86. The molecule has 1 aromatic carbocycles. The van der Waals surface area contributed by atoms with Crippen LogP contribution in [0.4, 0.5) is 0 Å². The van der Waals surface area contributed by atoms with Crippen LogP contribution < -0.4 is 0 Å². The van der Waals surface area contributed by atoms with Gasteiger partial charge >= 0.3 is 0 Å². The van der Waals surface area contributed by atoms with Crippen molar-refractivity contribution in [3.05, 3.63) is 35.2 Å². The van der Waals surface area contributed by atoms with Gasteiger partial charge in [-0.3, -0.25) is 4.79 Å². The highest BCUT2D eigenvalue weighted by atomic mass is 32.1. The zero-order valence-corrected chi connectivity index (χ0v) is 12.2. The predicted octanol–water partition coefficient (Wildman–Crippen LogP) is 2.82. The summed E-state index contributed by atoms with van der Waals surface area (Å²) in [6.45, 7) is 1.22. The van der Waals surface area contributed by atoms with Crippen LogP contribution in [-0.4, -0.2) is 35.1 Å². The van der Waals surface area contributed by atoms with Gasteiger partial charge in [-0.15, -0.1) is 11.3 Å². The van der Waals surface area contributed by atoms with Gasteiger partial charge in [0.2, 0.25) is 5.91 Å². The molecular formula is C16H19NO2S. The fourth-order valence-electron chi connectivity index (χ4n) is 2.78. The van der Waals surface area contributed by atoms with Crippen LogP contribution in [0.1, 0.15) is 24.8 Å². The minimum Gasteiger partial charge on any atom is -0.391 e. The van der Waals surface area contributed by atoms with Gasteiger partial charge in [0.15, 0.2) is 0 Å². The van der Waals surface area contributed by atoms with E-state index in [9.17, 15) is 9.90 Å². The van der Waals surface area contributed by atoms with Gasteiger partial charge in [0.25, 0.3) is 0 Å². The molecule has 4 heteroatoms. The van der Waals surface area contributed by atoms with Gasteiger partial charge < -0.3 is 10.0 Å². The summed E-state index contributed by atoms with van der Waals surface area (Å²) in [6, 6.07) is 8.42. The van der Waals surface area contributed by atoms with Crippen molar-refractivity contribution in [1.82, 2.24) is 4.90 Å². The fourth-order valence-corrected chi connectivity index (χ4v) is 3.78. The van der Waals surface area contributed by atoms with Gasteiger partial charge in [0.05, 0.1) is 6.10 Å². The van der Waals surface area contributed by atoms with Crippen LogP contribution in [0.15, 0.2) is 29.6 Å². The molecular weight excluding hydrogens is 270 g/mol. The average Bonchev–Trinajstić information content (AvgIpc) is 3.06. The van der Waals surface area contributed by atoms with Gasteiger partial charge in [0.1, 0.15) is 0 Å². The van der Waals surface area contributed by atoms with E-state index in [1.54, 1.807) is 16.2 Å². The van der Waals surface area contributed by atoms with Crippen molar-refractivity contribution < 1.29 is 9.90 Å². The third-order valence-corrected chi connectivity index (χ3v) is 4.93. The average molecular weight is 289 g/mol. The maximum absolute atomic E-state index is 12.0. The maximum Gasteiger partial charge on any atom is 0.222 e. The summed E-state index contributed by atoms with van der Waals surface area (Å²) in [5.74, 6) is 0.182. The van der Waals surface area contributed by atoms with Crippen LogP contribution >= 0.6 is 11.3 Å². The standard InChI is InChI=1S/C16H19NO2S/c18-13-8-9-17(10-13)16(19)7-3-4-12-11-20-15-6-2-1-5-14(12)15/h1-2,5-6,11,13,18H,3-4,7-10H2/t13-/m1/s1. The third-order valence-electron chi connectivity index (χ3n) is 3.91. The van der Waals surface area contributed by atoms with Crippen LogP contribution in [-0.2, 0) is 11.2 Å². The molecule has 2 heterocycles. The molecule has 0 unspecified atom stereocenters. The zero-order valence-electron chi connectivity index (χ0n) is 11.4. The summed E-state index contributed by atoms with van der Waals surface area (Å²) in [5, 5.41) is 13.0. The zero-order chi connectivity index (χ0) is 13.9. The summed E-state index contributed by atoms with van der Waals surface area (Å²) in [4.78, 5) is 13.8. The number of aryl methyl sites for hydroxylation is 1. The van der Waals surface area contributed by atoms with E-state index in [1.807, 2.05) is 0 Å². The molecule has 1 N–H and O–H groups in total. The molecule has 3 nitrogen and oxygen atoms in total. The van der Waals surface area contributed by atoms with E-state index in [4.69, 9.17) is 0 Å². The molecule has 1 amide bonds. The highest BCUT2D eigenvalue weighted by Gasteiger charge is 2.23. The Labute approximate surface area is 122 Å². The number of carbonyl (C=O) groups is 1. The predicted molar refractivity (Wildman–Crippen MR) is 82.0 cm³/mol. The van der Waals surface area contributed by atoms with Gasteiger partial charge in [-0.2, -0.15) is 0 Å². The Morgan fingerprint density at radius 1 is 1.40 bits per heavy atom. The molecule has 1 fully saturated rings. The number of benzene rings is 1. The van der Waals surface area contributed by atoms with Crippen molar-refractivity contribution in [3.63, 3.8) is 0 Å². The van der Waals surface area contributed by atoms with Crippen molar-refractivity contribution >= 4 is 27.3 Å². The Kier molecular flexibility index (Phi) is 4.03. The lowest BCUT2D eigenvalue weighted by Gasteiger charge is -2.15. The molecule has 0 bridgehead atoms. The Bertz CT molecular complexity index is 607. The normalized spacial score (nSPS) is 18.9. The molecule has 0 saturated carbocycles. The number of aliphatic hydroxyl groups is 1. The van der Waals surface area contributed by atoms with Crippen molar-refractivity contribution in [2.24, 2.45) is 0 Å². The van der Waals surface area contributed by atoms with Crippen LogP contribution in [0.5, 0.6) is 0 Å². The molecule has 0 spiro atoms. The summed E-state index contributed by atoms with van der Waals surface area (Å²) in [5.41, 5.74) is 1.35. The number of thiophene rings is 1. The molecule has 1 atom stereocenters. The molecule has 1 saturated heterocycles. The topological polar surface area (TPSA) is 40.5 Å². The molecule has 3 rings (SSSR count). The van der Waals surface area contributed by atoms with Crippen LogP contribution in [0.2, 0.25) is 0 Å². The van der Waals surface area contributed by atoms with Crippen molar-refractivity contribution in [2.45, 2.75) is 31.8 Å². The molecule has 2 aromatic rings. The lowest BCUT2D eigenvalue weighted by Crippen LogP contribution is -2.29. The van der Waals surface area contributed by atoms with E-state index in [1.165, 1.54) is 15.6 Å². The van der Waals surface area contributed by atoms with E-state index in [-0.39, 0.29) is 12.0 Å². The summed E-state index contributed by atoms with van der Waals surface area (Å²) in [7, 11) is 0. The number of hydrogen-bond acceptors (Lipinski definition) is 3. The first-order valence-electron chi connectivity index (χ1n) is 7.15. The highest BCUT2D eigenvalue weighted by molar-refractivity contribution is 7.17. The monoisotopic (exact) mass is 289 g/mol. The minimum atomic E-state index is -0.320. The van der Waals surface area contributed by atoms with E-state index in [0.717, 1.165) is 19.3 Å². The van der Waals surface area contributed by atoms with E-state index in [0.29, 0.717) is 19.5 Å². The number of aliphatic hydroxyl groups excluding tert-OH is 1. The second-order valence-electron chi connectivity index (χ2n) is 5.39. The number of amides is 1. The second kappa shape index (κ2) is 5.94. The second-order valence-corrected chi connectivity index (χ2v) is 6.30. The Morgan fingerprint density at radius 2 is 2.25 bits per heavy atom. The summed E-state index contributed by atoms with van der Waals surface area (Å²) < 4.78 is 1.32. The number of carbonyl (C=O) groups excluding carboxylic acids is 1. The number of fused-ring (bicyclic) bond motifs is 1. The van der Waals surface area contributed by atoms with E-state index < -0.39 is 0 Å². The Hall–Kier alpha value is -1.39. The molecule has 1 aliphatic rings. The van der Waals surface area contributed by atoms with Gasteiger partial charge in [-0.1, -0.05) is 18.2 Å². The summed E-state index contributed by atoms with van der Waals surface area (Å²) >= 11 is 1.77. The largest absolute Gasteiger partial charge is 0.391 e. The lowest BCUT2D eigenvalue weighted by molar-refractivity contribution is -0.130. The number of β-amino-alcohol motifs (C(OH)–C–C–N with tert-alkyl or cyclic N) is 1. The van der Waals surface area contributed by atoms with Gasteiger partial charge in [0, 0.05) is 24.2 Å². The fraction of sp³-hybridized carbons (Fsp3) is 0.438. The number of rotatable bonds is 4. The first-order chi connectivity index (χ1) is 9.74. The number of hydrogen-bond donors (Lipinski definition) is 1.